The van der Waals surface area contributed by atoms with Crippen LogP contribution in [0.15, 0.2) is 28.7 Å². The van der Waals surface area contributed by atoms with Crippen molar-refractivity contribution in [3.63, 3.8) is 0 Å². The van der Waals surface area contributed by atoms with Gasteiger partial charge in [-0.1, -0.05) is 40.5 Å². The van der Waals surface area contributed by atoms with E-state index in [1.807, 2.05) is 24.3 Å². The predicted molar refractivity (Wildman–Crippen MR) is 63.3 cm³/mol. The van der Waals surface area contributed by atoms with Gasteiger partial charge < -0.3 is 5.32 Å². The second-order valence-corrected chi connectivity index (χ2v) is 4.79. The third kappa shape index (κ3) is 2.59. The van der Waals surface area contributed by atoms with Crippen LogP contribution in [0.1, 0.15) is 24.8 Å². The van der Waals surface area contributed by atoms with Gasteiger partial charge in [0.1, 0.15) is 0 Å². The SMILES string of the molecule is O=C(NCc1ccccc1Br)C1CCC1. The summed E-state index contributed by atoms with van der Waals surface area (Å²) in [7, 11) is 0. The van der Waals surface area contributed by atoms with Crippen molar-refractivity contribution < 1.29 is 4.79 Å². The van der Waals surface area contributed by atoms with Gasteiger partial charge in [0.2, 0.25) is 5.91 Å². The first-order valence-electron chi connectivity index (χ1n) is 5.28. The highest BCUT2D eigenvalue weighted by molar-refractivity contribution is 9.10. The van der Waals surface area contributed by atoms with Gasteiger partial charge in [-0.25, -0.2) is 0 Å². The number of halogens is 1. The van der Waals surface area contributed by atoms with Crippen LogP contribution in [-0.4, -0.2) is 5.91 Å². The lowest BCUT2D eigenvalue weighted by atomic mass is 9.85. The van der Waals surface area contributed by atoms with Gasteiger partial charge in [-0.2, -0.15) is 0 Å². The summed E-state index contributed by atoms with van der Waals surface area (Å²) >= 11 is 3.46. The molecule has 1 fully saturated rings. The van der Waals surface area contributed by atoms with E-state index in [0.717, 1.165) is 22.9 Å². The number of hydrogen-bond acceptors (Lipinski definition) is 1. The van der Waals surface area contributed by atoms with E-state index in [-0.39, 0.29) is 11.8 Å². The van der Waals surface area contributed by atoms with Crippen LogP contribution < -0.4 is 5.32 Å². The minimum Gasteiger partial charge on any atom is -0.352 e. The fourth-order valence-corrected chi connectivity index (χ4v) is 2.06. The fraction of sp³-hybridized carbons (Fsp3) is 0.417. The van der Waals surface area contributed by atoms with Gasteiger partial charge in [0.15, 0.2) is 0 Å². The van der Waals surface area contributed by atoms with Crippen LogP contribution in [0, 0.1) is 5.92 Å². The number of hydrogen-bond donors (Lipinski definition) is 1. The Labute approximate surface area is 98.2 Å². The van der Waals surface area contributed by atoms with E-state index in [9.17, 15) is 4.79 Å². The Morgan fingerprint density at radius 2 is 2.13 bits per heavy atom. The number of benzene rings is 1. The smallest absolute Gasteiger partial charge is 0.223 e. The Morgan fingerprint density at radius 3 is 2.73 bits per heavy atom. The molecule has 1 amide bonds. The highest BCUT2D eigenvalue weighted by Gasteiger charge is 2.24. The Bertz CT molecular complexity index is 360. The van der Waals surface area contributed by atoms with Crippen molar-refractivity contribution in [3.8, 4) is 0 Å². The maximum atomic E-state index is 11.6. The average Bonchev–Trinajstić information content (AvgIpc) is 2.14. The summed E-state index contributed by atoms with van der Waals surface area (Å²) in [4.78, 5) is 11.6. The van der Waals surface area contributed by atoms with Crippen molar-refractivity contribution in [2.24, 2.45) is 5.92 Å². The third-order valence-corrected chi connectivity index (χ3v) is 3.66. The van der Waals surface area contributed by atoms with Gasteiger partial charge in [0.25, 0.3) is 0 Å². The largest absolute Gasteiger partial charge is 0.352 e. The highest BCUT2D eigenvalue weighted by Crippen LogP contribution is 2.26. The second-order valence-electron chi connectivity index (χ2n) is 3.94. The van der Waals surface area contributed by atoms with Gasteiger partial charge >= 0.3 is 0 Å². The van der Waals surface area contributed by atoms with E-state index in [0.29, 0.717) is 6.54 Å². The molecule has 1 N–H and O–H groups in total. The van der Waals surface area contributed by atoms with E-state index in [2.05, 4.69) is 21.2 Å². The molecule has 0 aromatic heterocycles. The quantitative estimate of drug-likeness (QED) is 0.897. The first-order valence-corrected chi connectivity index (χ1v) is 6.08. The van der Waals surface area contributed by atoms with E-state index in [1.54, 1.807) is 0 Å². The first kappa shape index (κ1) is 10.7. The molecular weight excluding hydrogens is 254 g/mol. The Kier molecular flexibility index (Phi) is 3.41. The summed E-state index contributed by atoms with van der Waals surface area (Å²) < 4.78 is 1.05. The zero-order valence-corrected chi connectivity index (χ0v) is 10.1. The molecule has 2 rings (SSSR count). The molecule has 0 heterocycles. The molecule has 2 nitrogen and oxygen atoms in total. The summed E-state index contributed by atoms with van der Waals surface area (Å²) in [5.41, 5.74) is 1.13. The first-order chi connectivity index (χ1) is 7.27. The Hall–Kier alpha value is -0.830. The topological polar surface area (TPSA) is 29.1 Å². The van der Waals surface area contributed by atoms with E-state index < -0.39 is 0 Å². The summed E-state index contributed by atoms with van der Waals surface area (Å²) in [6.07, 6.45) is 3.32. The average molecular weight is 268 g/mol. The van der Waals surface area contributed by atoms with Crippen LogP contribution in [-0.2, 0) is 11.3 Å². The summed E-state index contributed by atoms with van der Waals surface area (Å²) in [6.45, 7) is 0.622. The van der Waals surface area contributed by atoms with Gasteiger partial charge in [-0.15, -0.1) is 0 Å². The summed E-state index contributed by atoms with van der Waals surface area (Å²) in [5, 5.41) is 2.97. The number of rotatable bonds is 3. The molecule has 0 spiro atoms. The van der Waals surface area contributed by atoms with Crippen molar-refractivity contribution in [1.82, 2.24) is 5.32 Å². The van der Waals surface area contributed by atoms with Gasteiger partial charge in [0, 0.05) is 16.9 Å². The zero-order chi connectivity index (χ0) is 10.7. The second kappa shape index (κ2) is 4.79. The molecule has 0 saturated heterocycles. The maximum Gasteiger partial charge on any atom is 0.223 e. The number of nitrogens with one attached hydrogen (secondary N) is 1. The van der Waals surface area contributed by atoms with Crippen molar-refractivity contribution in [2.75, 3.05) is 0 Å². The lowest BCUT2D eigenvalue weighted by molar-refractivity contribution is -0.127. The lowest BCUT2D eigenvalue weighted by Gasteiger charge is -2.24. The third-order valence-electron chi connectivity index (χ3n) is 2.89. The van der Waals surface area contributed by atoms with E-state index >= 15 is 0 Å². The standard InChI is InChI=1S/C12H14BrNO/c13-11-7-2-1-4-10(11)8-14-12(15)9-5-3-6-9/h1-2,4,7,9H,3,5-6,8H2,(H,14,15). The van der Waals surface area contributed by atoms with Crippen LogP contribution in [0.25, 0.3) is 0 Å². The number of carbonyl (C=O) groups is 1. The summed E-state index contributed by atoms with van der Waals surface area (Å²) in [6, 6.07) is 7.97. The zero-order valence-electron chi connectivity index (χ0n) is 8.50. The van der Waals surface area contributed by atoms with E-state index in [1.165, 1.54) is 6.42 Å². The van der Waals surface area contributed by atoms with Crippen molar-refractivity contribution in [3.05, 3.63) is 34.3 Å². The molecular formula is C12H14BrNO. The minimum atomic E-state index is 0.206. The fourth-order valence-electron chi connectivity index (χ4n) is 1.64. The highest BCUT2D eigenvalue weighted by atomic mass is 79.9. The van der Waals surface area contributed by atoms with Gasteiger partial charge in [-0.05, 0) is 24.5 Å². The molecule has 1 saturated carbocycles. The van der Waals surface area contributed by atoms with Crippen molar-refractivity contribution >= 4 is 21.8 Å². The van der Waals surface area contributed by atoms with Gasteiger partial charge in [0.05, 0.1) is 0 Å². The molecule has 1 aliphatic rings. The van der Waals surface area contributed by atoms with E-state index in [4.69, 9.17) is 0 Å². The molecule has 1 aliphatic carbocycles. The lowest BCUT2D eigenvalue weighted by Crippen LogP contribution is -2.34. The van der Waals surface area contributed by atoms with Crippen LogP contribution in [0.5, 0.6) is 0 Å². The molecule has 0 aliphatic heterocycles. The molecule has 3 heteroatoms. The molecule has 1 aromatic carbocycles. The molecule has 0 bridgehead atoms. The molecule has 1 aromatic rings. The monoisotopic (exact) mass is 267 g/mol. The Morgan fingerprint density at radius 1 is 1.40 bits per heavy atom. The number of amides is 1. The normalized spacial score (nSPS) is 15.8. The molecule has 0 atom stereocenters. The minimum absolute atomic E-state index is 0.206. The van der Waals surface area contributed by atoms with Gasteiger partial charge in [-0.3, -0.25) is 4.79 Å². The Balaban J connectivity index is 1.87. The molecule has 0 radical (unpaired) electrons. The summed E-state index contributed by atoms with van der Waals surface area (Å²) in [5.74, 6) is 0.476. The van der Waals surface area contributed by atoms with Crippen LogP contribution in [0.4, 0.5) is 0 Å². The van der Waals surface area contributed by atoms with Crippen molar-refractivity contribution in [1.29, 1.82) is 0 Å². The van der Waals surface area contributed by atoms with Crippen LogP contribution in [0.3, 0.4) is 0 Å². The van der Waals surface area contributed by atoms with Crippen LogP contribution >= 0.6 is 15.9 Å². The number of carbonyl (C=O) groups excluding carboxylic acids is 1. The predicted octanol–water partition coefficient (Wildman–Crippen LogP) is 2.87. The van der Waals surface area contributed by atoms with Crippen LogP contribution in [0.2, 0.25) is 0 Å². The maximum absolute atomic E-state index is 11.6. The molecule has 80 valence electrons. The van der Waals surface area contributed by atoms with Crippen molar-refractivity contribution in [2.45, 2.75) is 25.8 Å². The molecule has 0 unspecified atom stereocenters. The molecule has 15 heavy (non-hydrogen) atoms.